The number of hydrogen-bond donors (Lipinski definition) is 5. The van der Waals surface area contributed by atoms with Gasteiger partial charge in [0.15, 0.2) is 5.78 Å². The lowest BCUT2D eigenvalue weighted by Crippen LogP contribution is -2.77. The predicted octanol–water partition coefficient (Wildman–Crippen LogP) is -1.77. The van der Waals surface area contributed by atoms with Gasteiger partial charge in [-0.15, -0.1) is 34.0 Å². The Morgan fingerprint density at radius 1 is 1.04 bits per heavy atom. The van der Waals surface area contributed by atoms with Gasteiger partial charge in [0.2, 0.25) is 6.29 Å². The van der Waals surface area contributed by atoms with Crippen molar-refractivity contribution in [3.63, 3.8) is 0 Å². The zero-order valence-corrected chi connectivity index (χ0v) is 17.5. The van der Waals surface area contributed by atoms with Gasteiger partial charge >= 0.3 is 0 Å². The van der Waals surface area contributed by atoms with Gasteiger partial charge in [0.05, 0.1) is 24.3 Å². The van der Waals surface area contributed by atoms with Crippen LogP contribution in [-0.2, 0) is 19.0 Å². The summed E-state index contributed by atoms with van der Waals surface area (Å²) in [5.74, 6) is -2.76. The number of carbonyl (C=O) groups excluding carboxylic acids is 1. The third-order valence-electron chi connectivity index (χ3n) is 4.93. The van der Waals surface area contributed by atoms with Gasteiger partial charge in [-0.2, -0.15) is 0 Å². The van der Waals surface area contributed by atoms with E-state index in [0.29, 0.717) is 0 Å². The molecule has 148 valence electrons. The standard InChI is InChI=1S/C14H24N2O7.2BrH/c1-5-4-6(17)14(20)13(21-5)22-12-10(19)7(15-2)9(18)8(16-3)11(12)23-14;;/h5,7-13,15-16,18-20H,4H2,1-3H3;2*1H/t5-,7-,8+,9-,10+,11-,12-,13+,14+;;/m1../s1. The quantitative estimate of drug-likeness (QED) is 0.303. The molecular formula is C14H26Br2N2O7. The molecule has 3 fully saturated rings. The Morgan fingerprint density at radius 2 is 1.64 bits per heavy atom. The van der Waals surface area contributed by atoms with Crippen molar-refractivity contribution in [1.82, 2.24) is 10.6 Å². The van der Waals surface area contributed by atoms with Crippen molar-refractivity contribution >= 4 is 39.7 Å². The minimum absolute atomic E-state index is 0. The number of Topliss-reactive ketones (excluding diaryl/α,β-unsaturated/α-hetero) is 1. The van der Waals surface area contributed by atoms with Crippen LogP contribution in [0.15, 0.2) is 0 Å². The molecule has 0 aromatic carbocycles. The van der Waals surface area contributed by atoms with Gasteiger partial charge in [0, 0.05) is 6.42 Å². The zero-order valence-electron chi connectivity index (χ0n) is 14.1. The van der Waals surface area contributed by atoms with Crippen LogP contribution in [0.1, 0.15) is 13.3 Å². The number of aliphatic hydroxyl groups excluding tert-OH is 2. The van der Waals surface area contributed by atoms with E-state index in [1.807, 2.05) is 0 Å². The SMILES string of the molecule is Br.Br.CN[C@@H]1[C@@H](O)[C@H](NC)[C@H]2O[C@@]3(O)C(=O)C[C@@H](C)O[C@H]3O[C@@H]2[C@H]1O. The maximum Gasteiger partial charge on any atom is 0.280 e. The molecule has 0 radical (unpaired) electrons. The average molecular weight is 494 g/mol. The lowest BCUT2D eigenvalue weighted by atomic mass is 9.80. The topological polar surface area (TPSA) is 130 Å². The van der Waals surface area contributed by atoms with Crippen molar-refractivity contribution in [3.8, 4) is 0 Å². The largest absolute Gasteiger partial charge is 0.390 e. The van der Waals surface area contributed by atoms with Crippen LogP contribution in [-0.4, -0.2) is 89.9 Å². The maximum atomic E-state index is 12.2. The maximum absolute atomic E-state index is 12.2. The van der Waals surface area contributed by atoms with E-state index >= 15 is 0 Å². The number of hydrogen-bond acceptors (Lipinski definition) is 9. The van der Waals surface area contributed by atoms with E-state index in [9.17, 15) is 20.1 Å². The Kier molecular flexibility index (Phi) is 7.98. The molecule has 0 unspecified atom stereocenters. The second kappa shape index (κ2) is 8.55. The number of halogens is 2. The van der Waals surface area contributed by atoms with Crippen molar-refractivity contribution in [2.45, 2.75) is 68.0 Å². The third kappa shape index (κ3) is 3.68. The Bertz CT molecular complexity index is 488. The second-order valence-corrected chi connectivity index (χ2v) is 6.40. The predicted molar refractivity (Wildman–Crippen MR) is 97.0 cm³/mol. The van der Waals surface area contributed by atoms with Crippen LogP contribution in [0, 0.1) is 0 Å². The van der Waals surface area contributed by atoms with Crippen LogP contribution in [0.25, 0.3) is 0 Å². The molecule has 9 atom stereocenters. The summed E-state index contributed by atoms with van der Waals surface area (Å²) in [7, 11) is 3.24. The molecule has 1 saturated carbocycles. The summed E-state index contributed by atoms with van der Waals surface area (Å²) in [6, 6.07) is -1.29. The summed E-state index contributed by atoms with van der Waals surface area (Å²) < 4.78 is 16.8. The van der Waals surface area contributed by atoms with Gasteiger partial charge in [-0.1, -0.05) is 0 Å². The number of ether oxygens (including phenoxy) is 3. The first-order valence-electron chi connectivity index (χ1n) is 7.78. The molecule has 2 aliphatic heterocycles. The Balaban J connectivity index is 0.00000156. The number of fused-ring (bicyclic) bond motifs is 2. The van der Waals surface area contributed by atoms with Crippen molar-refractivity contribution in [3.05, 3.63) is 0 Å². The van der Waals surface area contributed by atoms with E-state index in [0.717, 1.165) is 0 Å². The molecule has 1 aliphatic carbocycles. The van der Waals surface area contributed by atoms with Gasteiger partial charge in [-0.05, 0) is 21.0 Å². The van der Waals surface area contributed by atoms with E-state index < -0.39 is 60.5 Å². The number of aliphatic hydroxyl groups is 3. The highest BCUT2D eigenvalue weighted by molar-refractivity contribution is 8.93. The van der Waals surface area contributed by atoms with Gasteiger partial charge in [-0.3, -0.25) is 4.79 Å². The first-order chi connectivity index (χ1) is 10.8. The molecule has 5 N–H and O–H groups in total. The molecule has 0 aromatic rings. The van der Waals surface area contributed by atoms with Crippen molar-refractivity contribution < 1.29 is 34.3 Å². The van der Waals surface area contributed by atoms with Crippen molar-refractivity contribution in [1.29, 1.82) is 0 Å². The van der Waals surface area contributed by atoms with Crippen molar-refractivity contribution in [2.75, 3.05) is 14.1 Å². The summed E-state index contributed by atoms with van der Waals surface area (Å²) in [5, 5.41) is 37.2. The van der Waals surface area contributed by atoms with Crippen LogP contribution in [0.5, 0.6) is 0 Å². The molecule has 2 heterocycles. The average Bonchev–Trinajstić information content (AvgIpc) is 2.49. The van der Waals surface area contributed by atoms with E-state index in [4.69, 9.17) is 14.2 Å². The fraction of sp³-hybridized carbons (Fsp3) is 0.929. The van der Waals surface area contributed by atoms with Crippen LogP contribution < -0.4 is 10.6 Å². The van der Waals surface area contributed by atoms with Crippen LogP contribution in [0.4, 0.5) is 0 Å². The summed E-state index contributed by atoms with van der Waals surface area (Å²) in [4.78, 5) is 12.2. The molecule has 25 heavy (non-hydrogen) atoms. The Labute approximate surface area is 166 Å². The van der Waals surface area contributed by atoms with Crippen LogP contribution in [0.2, 0.25) is 0 Å². The van der Waals surface area contributed by atoms with Gasteiger partial charge < -0.3 is 40.2 Å². The van der Waals surface area contributed by atoms with E-state index in [2.05, 4.69) is 10.6 Å². The zero-order chi connectivity index (χ0) is 16.9. The minimum Gasteiger partial charge on any atom is -0.390 e. The number of carbonyl (C=O) groups is 1. The molecule has 0 amide bonds. The minimum atomic E-state index is -2.23. The summed E-state index contributed by atoms with van der Waals surface area (Å²) >= 11 is 0. The molecule has 11 heteroatoms. The fourth-order valence-corrected chi connectivity index (χ4v) is 3.68. The summed E-state index contributed by atoms with van der Waals surface area (Å²) in [6.07, 6.45) is -5.58. The fourth-order valence-electron chi connectivity index (χ4n) is 3.68. The smallest absolute Gasteiger partial charge is 0.280 e. The molecule has 0 bridgehead atoms. The number of rotatable bonds is 2. The Hall–Kier alpha value is 0.310. The molecule has 9 nitrogen and oxygen atoms in total. The third-order valence-corrected chi connectivity index (χ3v) is 4.93. The van der Waals surface area contributed by atoms with E-state index in [1.54, 1.807) is 21.0 Å². The number of ketones is 1. The first-order valence-corrected chi connectivity index (χ1v) is 7.78. The second-order valence-electron chi connectivity index (χ2n) is 6.40. The van der Waals surface area contributed by atoms with Crippen LogP contribution >= 0.6 is 34.0 Å². The monoisotopic (exact) mass is 492 g/mol. The highest BCUT2D eigenvalue weighted by Crippen LogP contribution is 2.40. The highest BCUT2D eigenvalue weighted by atomic mass is 79.9. The molecule has 2 saturated heterocycles. The van der Waals surface area contributed by atoms with Gasteiger partial charge in [0.25, 0.3) is 5.79 Å². The van der Waals surface area contributed by atoms with Crippen LogP contribution in [0.3, 0.4) is 0 Å². The Morgan fingerprint density at radius 3 is 2.20 bits per heavy atom. The molecule has 3 rings (SSSR count). The highest BCUT2D eigenvalue weighted by Gasteiger charge is 2.63. The molecule has 3 aliphatic rings. The molecular weight excluding hydrogens is 468 g/mol. The first kappa shape index (κ1) is 23.3. The number of likely N-dealkylation sites (N-methyl/N-ethyl adjacent to an activating group) is 2. The molecule has 0 aromatic heterocycles. The van der Waals surface area contributed by atoms with E-state index in [1.165, 1.54) is 0 Å². The molecule has 0 spiro atoms. The summed E-state index contributed by atoms with van der Waals surface area (Å²) in [5.41, 5.74) is 0. The normalized spacial score (nSPS) is 49.3. The van der Waals surface area contributed by atoms with Gasteiger partial charge in [-0.25, -0.2) is 0 Å². The number of nitrogens with one attached hydrogen (secondary N) is 2. The lowest BCUT2D eigenvalue weighted by Gasteiger charge is -2.55. The van der Waals surface area contributed by atoms with E-state index in [-0.39, 0.29) is 40.4 Å². The summed E-state index contributed by atoms with van der Waals surface area (Å²) in [6.45, 7) is 1.70. The van der Waals surface area contributed by atoms with Gasteiger partial charge in [0.1, 0.15) is 18.3 Å². The lowest BCUT2D eigenvalue weighted by molar-refractivity contribution is -0.420. The van der Waals surface area contributed by atoms with Crippen molar-refractivity contribution in [2.24, 2.45) is 0 Å².